The van der Waals surface area contributed by atoms with Crippen LogP contribution in [0.25, 0.3) is 11.6 Å². The highest BCUT2D eigenvalue weighted by molar-refractivity contribution is 5.89. The number of allylic oxidation sites excluding steroid dienone is 1. The Morgan fingerprint density at radius 1 is 1.08 bits per heavy atom. The Labute approximate surface area is 141 Å². The van der Waals surface area contributed by atoms with E-state index in [1.807, 2.05) is 12.1 Å². The molecule has 3 rings (SSSR count). The molecule has 0 atom stereocenters. The van der Waals surface area contributed by atoms with Gasteiger partial charge in [0.2, 0.25) is 0 Å². The fraction of sp³-hybridized carbons (Fsp3) is 0.333. The van der Waals surface area contributed by atoms with Gasteiger partial charge in [-0.05, 0) is 71.4 Å². The Kier molecular flexibility index (Phi) is 4.66. The SMILES string of the molecule is CCCCCc1ccc(C2=Cc3cc#ccc3C2)c(C(F)(F)F)c1. The van der Waals surface area contributed by atoms with Crippen molar-refractivity contribution in [2.45, 2.75) is 45.2 Å². The lowest BCUT2D eigenvalue weighted by molar-refractivity contribution is -0.137. The molecule has 0 saturated carbocycles. The molecular weight excluding hydrogens is 309 g/mol. The zero-order valence-electron chi connectivity index (χ0n) is 13.6. The van der Waals surface area contributed by atoms with Crippen molar-refractivity contribution in [2.24, 2.45) is 0 Å². The van der Waals surface area contributed by atoms with Crippen LogP contribution in [0.15, 0.2) is 30.3 Å². The van der Waals surface area contributed by atoms with E-state index in [4.69, 9.17) is 0 Å². The first-order valence-electron chi connectivity index (χ1n) is 8.30. The lowest BCUT2D eigenvalue weighted by Crippen LogP contribution is -2.10. The maximum atomic E-state index is 13.6. The normalized spacial score (nSPS) is 13.4. The molecule has 2 aromatic rings. The van der Waals surface area contributed by atoms with Gasteiger partial charge >= 0.3 is 6.18 Å². The lowest BCUT2D eigenvalue weighted by Gasteiger charge is -2.15. The van der Waals surface area contributed by atoms with Crippen molar-refractivity contribution in [2.75, 3.05) is 0 Å². The van der Waals surface area contributed by atoms with Crippen LogP contribution in [0.1, 0.15) is 54.0 Å². The van der Waals surface area contributed by atoms with Crippen molar-refractivity contribution in [3.05, 3.63) is 70.3 Å². The first-order valence-corrected chi connectivity index (χ1v) is 8.30. The molecule has 0 aromatic heterocycles. The molecule has 0 heterocycles. The van der Waals surface area contributed by atoms with Crippen molar-refractivity contribution in [3.8, 4) is 0 Å². The Balaban J connectivity index is 1.94. The predicted octanol–water partition coefficient (Wildman–Crippen LogP) is 6.14. The second kappa shape index (κ2) is 6.73. The number of aryl methyl sites for hydroxylation is 1. The van der Waals surface area contributed by atoms with Gasteiger partial charge in [0.1, 0.15) is 0 Å². The zero-order chi connectivity index (χ0) is 17.2. The molecule has 124 valence electrons. The summed E-state index contributed by atoms with van der Waals surface area (Å²) in [5.41, 5.74) is 3.18. The highest BCUT2D eigenvalue weighted by Crippen LogP contribution is 2.39. The second-order valence-electron chi connectivity index (χ2n) is 6.24. The van der Waals surface area contributed by atoms with E-state index < -0.39 is 11.7 Å². The second-order valence-corrected chi connectivity index (χ2v) is 6.24. The molecule has 24 heavy (non-hydrogen) atoms. The molecule has 1 aliphatic carbocycles. The minimum absolute atomic E-state index is 0.290. The van der Waals surface area contributed by atoms with Crippen LogP contribution in [0.3, 0.4) is 0 Å². The predicted molar refractivity (Wildman–Crippen MR) is 90.4 cm³/mol. The Morgan fingerprint density at radius 2 is 1.88 bits per heavy atom. The number of benzene rings is 1. The molecule has 1 aliphatic rings. The molecule has 0 nitrogen and oxygen atoms in total. The van der Waals surface area contributed by atoms with E-state index in [0.717, 1.165) is 36.0 Å². The minimum Gasteiger partial charge on any atom is -0.166 e. The highest BCUT2D eigenvalue weighted by atomic mass is 19.4. The largest absolute Gasteiger partial charge is 0.417 e. The fourth-order valence-corrected chi connectivity index (χ4v) is 3.17. The van der Waals surface area contributed by atoms with Crippen molar-refractivity contribution in [1.82, 2.24) is 0 Å². The third-order valence-electron chi connectivity index (χ3n) is 4.44. The van der Waals surface area contributed by atoms with E-state index in [2.05, 4.69) is 19.1 Å². The number of fused-ring (bicyclic) bond motifs is 1. The van der Waals surface area contributed by atoms with Gasteiger partial charge in [0, 0.05) is 0 Å². The van der Waals surface area contributed by atoms with Crippen LogP contribution in [-0.4, -0.2) is 0 Å². The van der Waals surface area contributed by atoms with E-state index in [1.54, 1.807) is 18.2 Å². The zero-order valence-corrected chi connectivity index (χ0v) is 13.6. The molecule has 0 radical (unpaired) electrons. The van der Waals surface area contributed by atoms with Gasteiger partial charge in [0.05, 0.1) is 5.56 Å². The summed E-state index contributed by atoms with van der Waals surface area (Å²) >= 11 is 0. The van der Waals surface area contributed by atoms with Crippen molar-refractivity contribution in [3.63, 3.8) is 0 Å². The molecule has 0 aliphatic heterocycles. The molecule has 2 aromatic carbocycles. The standard InChI is InChI=1S/C21H19F3/c1-2-3-4-7-15-10-11-19(20(12-15)21(22,23)24)18-13-16-8-5-6-9-17(16)14-18/h8-13H,2-4,7,14H2,1H3. The summed E-state index contributed by atoms with van der Waals surface area (Å²) in [5, 5.41) is 0. The van der Waals surface area contributed by atoms with Gasteiger partial charge in [-0.1, -0.05) is 44.0 Å². The van der Waals surface area contributed by atoms with Crippen molar-refractivity contribution in [1.29, 1.82) is 0 Å². The van der Waals surface area contributed by atoms with E-state index in [1.165, 1.54) is 6.07 Å². The average molecular weight is 328 g/mol. The van der Waals surface area contributed by atoms with Gasteiger partial charge in [0.15, 0.2) is 0 Å². The minimum atomic E-state index is -4.34. The molecule has 3 heteroatoms. The van der Waals surface area contributed by atoms with Crippen LogP contribution in [-0.2, 0) is 19.0 Å². The number of hydrogen-bond acceptors (Lipinski definition) is 0. The molecule has 0 spiro atoms. The monoisotopic (exact) mass is 328 g/mol. The van der Waals surface area contributed by atoms with Crippen LogP contribution in [0.2, 0.25) is 0 Å². The summed E-state index contributed by atoms with van der Waals surface area (Å²) in [7, 11) is 0. The summed E-state index contributed by atoms with van der Waals surface area (Å²) in [6.07, 6.45) is 1.72. The summed E-state index contributed by atoms with van der Waals surface area (Å²) in [4.78, 5) is 0. The Hall–Kier alpha value is -2.21. The third-order valence-corrected chi connectivity index (χ3v) is 4.44. The maximum absolute atomic E-state index is 13.6. The van der Waals surface area contributed by atoms with Crippen LogP contribution in [0, 0.1) is 12.1 Å². The number of rotatable bonds is 5. The molecule has 0 N–H and O–H groups in total. The number of halogens is 3. The van der Waals surface area contributed by atoms with Crippen molar-refractivity contribution < 1.29 is 13.2 Å². The summed E-state index contributed by atoms with van der Waals surface area (Å²) < 4.78 is 40.7. The van der Waals surface area contributed by atoms with Gasteiger partial charge in [-0.25, -0.2) is 0 Å². The van der Waals surface area contributed by atoms with Gasteiger partial charge in [0.25, 0.3) is 0 Å². The van der Waals surface area contributed by atoms with E-state index in [0.29, 0.717) is 18.4 Å². The van der Waals surface area contributed by atoms with E-state index in [-0.39, 0.29) is 5.56 Å². The number of hydrogen-bond donors (Lipinski definition) is 0. The van der Waals surface area contributed by atoms with Gasteiger partial charge in [-0.2, -0.15) is 13.2 Å². The first-order chi connectivity index (χ1) is 11.5. The smallest absolute Gasteiger partial charge is 0.166 e. The highest BCUT2D eigenvalue weighted by Gasteiger charge is 2.35. The Morgan fingerprint density at radius 3 is 2.58 bits per heavy atom. The van der Waals surface area contributed by atoms with E-state index in [9.17, 15) is 13.2 Å². The molecule has 0 unspecified atom stereocenters. The fourth-order valence-electron chi connectivity index (χ4n) is 3.17. The maximum Gasteiger partial charge on any atom is 0.417 e. The van der Waals surface area contributed by atoms with Crippen molar-refractivity contribution >= 4 is 11.6 Å². The van der Waals surface area contributed by atoms with Crippen LogP contribution >= 0.6 is 0 Å². The summed E-state index contributed by atoms with van der Waals surface area (Å²) in [6, 6.07) is 14.1. The van der Waals surface area contributed by atoms with Gasteiger partial charge in [-0.15, -0.1) is 0 Å². The first kappa shape index (κ1) is 16.6. The number of alkyl halides is 3. The lowest BCUT2D eigenvalue weighted by atomic mass is 9.94. The average Bonchev–Trinajstić information content (AvgIpc) is 2.98. The van der Waals surface area contributed by atoms with Gasteiger partial charge in [-0.3, -0.25) is 0 Å². The molecule has 0 amide bonds. The number of unbranched alkanes of at least 4 members (excludes halogenated alkanes) is 2. The molecule has 0 saturated heterocycles. The van der Waals surface area contributed by atoms with Crippen LogP contribution in [0.5, 0.6) is 0 Å². The summed E-state index contributed by atoms with van der Waals surface area (Å²) in [5.74, 6) is 0. The van der Waals surface area contributed by atoms with E-state index >= 15 is 0 Å². The molecule has 0 bridgehead atoms. The molecular formula is C21H19F3. The third kappa shape index (κ3) is 3.48. The van der Waals surface area contributed by atoms with Gasteiger partial charge < -0.3 is 0 Å². The van der Waals surface area contributed by atoms with Crippen LogP contribution in [0.4, 0.5) is 13.2 Å². The topological polar surface area (TPSA) is 0 Å². The van der Waals surface area contributed by atoms with Crippen LogP contribution < -0.4 is 0 Å². The quantitative estimate of drug-likeness (QED) is 0.579. The molecule has 0 fully saturated rings. The summed E-state index contributed by atoms with van der Waals surface area (Å²) in [6.45, 7) is 2.09. The Bertz CT molecular complexity index is 754.